The number of hydrogen-bond acceptors (Lipinski definition) is 4. The van der Waals surface area contributed by atoms with Gasteiger partial charge in [0.15, 0.2) is 0 Å². The van der Waals surface area contributed by atoms with Gasteiger partial charge in [0.25, 0.3) is 11.8 Å². The van der Waals surface area contributed by atoms with Crippen LogP contribution in [0.25, 0.3) is 0 Å². The molecule has 2 amide bonds. The van der Waals surface area contributed by atoms with Crippen molar-refractivity contribution in [2.75, 3.05) is 0 Å². The summed E-state index contributed by atoms with van der Waals surface area (Å²) in [5, 5.41) is 8.82. The summed E-state index contributed by atoms with van der Waals surface area (Å²) in [7, 11) is 0. The number of imide groups is 1. The van der Waals surface area contributed by atoms with Gasteiger partial charge in [-0.05, 0) is 13.0 Å². The zero-order valence-corrected chi connectivity index (χ0v) is 8.97. The van der Waals surface area contributed by atoms with Crippen molar-refractivity contribution >= 4 is 17.8 Å². The SMILES string of the molecule is Cc1oc(CN2C(=O)C=CC2=O)cc1C(=O)O. The van der Waals surface area contributed by atoms with Crippen LogP contribution in [0.15, 0.2) is 22.6 Å². The molecule has 0 bridgehead atoms. The molecule has 1 aromatic rings. The summed E-state index contributed by atoms with van der Waals surface area (Å²) in [6.45, 7) is 1.46. The smallest absolute Gasteiger partial charge is 0.339 e. The molecule has 0 spiro atoms. The van der Waals surface area contributed by atoms with E-state index in [2.05, 4.69) is 0 Å². The minimum atomic E-state index is -1.10. The Hall–Kier alpha value is -2.37. The van der Waals surface area contributed by atoms with Crippen LogP contribution in [0.1, 0.15) is 21.9 Å². The van der Waals surface area contributed by atoms with Crippen LogP contribution in [0.5, 0.6) is 0 Å². The minimum absolute atomic E-state index is 0.0343. The highest BCUT2D eigenvalue weighted by Gasteiger charge is 2.25. The number of rotatable bonds is 3. The van der Waals surface area contributed by atoms with Gasteiger partial charge in [-0.2, -0.15) is 0 Å². The summed E-state index contributed by atoms with van der Waals surface area (Å²) in [6.07, 6.45) is 2.33. The second-order valence-corrected chi connectivity index (χ2v) is 3.58. The van der Waals surface area contributed by atoms with Crippen LogP contribution >= 0.6 is 0 Å². The van der Waals surface area contributed by atoms with Crippen molar-refractivity contribution in [1.29, 1.82) is 0 Å². The molecule has 1 N–H and O–H groups in total. The maximum Gasteiger partial charge on any atom is 0.339 e. The van der Waals surface area contributed by atoms with Crippen molar-refractivity contribution in [2.45, 2.75) is 13.5 Å². The average molecular weight is 235 g/mol. The average Bonchev–Trinajstić information content (AvgIpc) is 2.76. The first kappa shape index (κ1) is 11.1. The van der Waals surface area contributed by atoms with Crippen molar-refractivity contribution in [2.24, 2.45) is 0 Å². The highest BCUT2D eigenvalue weighted by Crippen LogP contribution is 2.18. The van der Waals surface area contributed by atoms with E-state index in [0.717, 1.165) is 17.1 Å². The fourth-order valence-electron chi connectivity index (χ4n) is 1.58. The number of furan rings is 1. The number of carboxylic acid groups (broad SMARTS) is 1. The molecule has 0 unspecified atom stereocenters. The molecule has 0 atom stereocenters. The molecule has 17 heavy (non-hydrogen) atoms. The van der Waals surface area contributed by atoms with E-state index >= 15 is 0 Å². The van der Waals surface area contributed by atoms with E-state index in [1.54, 1.807) is 0 Å². The predicted octanol–water partition coefficient (Wildman–Crippen LogP) is 0.711. The van der Waals surface area contributed by atoms with E-state index in [-0.39, 0.29) is 23.6 Å². The third kappa shape index (κ3) is 1.96. The highest BCUT2D eigenvalue weighted by atomic mass is 16.4. The van der Waals surface area contributed by atoms with Gasteiger partial charge in [0.05, 0.1) is 6.54 Å². The molecule has 2 heterocycles. The zero-order chi connectivity index (χ0) is 12.6. The van der Waals surface area contributed by atoms with E-state index < -0.39 is 17.8 Å². The Balaban J connectivity index is 2.20. The Kier molecular flexibility index (Phi) is 2.55. The van der Waals surface area contributed by atoms with E-state index in [0.29, 0.717) is 0 Å². The highest BCUT2D eigenvalue weighted by molar-refractivity contribution is 6.12. The van der Waals surface area contributed by atoms with Crippen LogP contribution in [0.2, 0.25) is 0 Å². The number of hydrogen-bond donors (Lipinski definition) is 1. The van der Waals surface area contributed by atoms with Crippen LogP contribution in [0.4, 0.5) is 0 Å². The maximum atomic E-state index is 11.3. The molecule has 6 nitrogen and oxygen atoms in total. The molecule has 88 valence electrons. The Morgan fingerprint density at radius 2 is 1.94 bits per heavy atom. The van der Waals surface area contributed by atoms with Crippen LogP contribution in [-0.2, 0) is 16.1 Å². The van der Waals surface area contributed by atoms with Crippen molar-refractivity contribution in [3.8, 4) is 0 Å². The van der Waals surface area contributed by atoms with Crippen molar-refractivity contribution in [1.82, 2.24) is 4.90 Å². The van der Waals surface area contributed by atoms with Gasteiger partial charge in [-0.3, -0.25) is 14.5 Å². The maximum absolute atomic E-state index is 11.3. The number of carbonyl (C=O) groups is 3. The normalized spacial score (nSPS) is 14.8. The number of amides is 2. The molecule has 6 heteroatoms. The first-order chi connectivity index (χ1) is 7.99. The lowest BCUT2D eigenvalue weighted by Gasteiger charge is -2.10. The van der Waals surface area contributed by atoms with Crippen LogP contribution in [0, 0.1) is 6.92 Å². The second-order valence-electron chi connectivity index (χ2n) is 3.58. The summed E-state index contributed by atoms with van der Waals surface area (Å²) in [4.78, 5) is 34.3. The van der Waals surface area contributed by atoms with Gasteiger partial charge in [0.1, 0.15) is 17.1 Å². The fourth-order valence-corrected chi connectivity index (χ4v) is 1.58. The lowest BCUT2D eigenvalue weighted by atomic mass is 10.2. The summed E-state index contributed by atoms with van der Waals surface area (Å²) < 4.78 is 5.18. The van der Waals surface area contributed by atoms with Gasteiger partial charge in [0.2, 0.25) is 0 Å². The third-order valence-corrected chi connectivity index (χ3v) is 2.41. The molecule has 0 aromatic carbocycles. The van der Waals surface area contributed by atoms with Crippen LogP contribution in [-0.4, -0.2) is 27.8 Å². The third-order valence-electron chi connectivity index (χ3n) is 2.41. The van der Waals surface area contributed by atoms with E-state index in [1.165, 1.54) is 13.0 Å². The Morgan fingerprint density at radius 1 is 1.35 bits per heavy atom. The lowest BCUT2D eigenvalue weighted by Crippen LogP contribution is -2.29. The molecule has 0 saturated heterocycles. The van der Waals surface area contributed by atoms with Gasteiger partial charge < -0.3 is 9.52 Å². The van der Waals surface area contributed by atoms with Gasteiger partial charge in [0, 0.05) is 12.2 Å². The number of nitrogens with zero attached hydrogens (tertiary/aromatic N) is 1. The molecule has 0 saturated carbocycles. The summed E-state index contributed by atoms with van der Waals surface area (Å²) in [5.41, 5.74) is 0.0343. The van der Waals surface area contributed by atoms with Gasteiger partial charge in [-0.1, -0.05) is 0 Å². The first-order valence-electron chi connectivity index (χ1n) is 4.85. The quantitative estimate of drug-likeness (QED) is 0.779. The molecule has 0 radical (unpaired) electrons. The molecule has 1 aliphatic heterocycles. The number of aromatic carboxylic acids is 1. The Labute approximate surface area is 96.1 Å². The molecule has 1 aromatic heterocycles. The zero-order valence-electron chi connectivity index (χ0n) is 8.97. The topological polar surface area (TPSA) is 87.8 Å². The van der Waals surface area contributed by atoms with Gasteiger partial charge >= 0.3 is 5.97 Å². The standard InChI is InChI=1S/C11H9NO5/c1-6-8(11(15)16)4-7(17-6)5-12-9(13)2-3-10(12)14/h2-4H,5H2,1H3,(H,15,16). The largest absolute Gasteiger partial charge is 0.478 e. The van der Waals surface area contributed by atoms with E-state index in [1.807, 2.05) is 0 Å². The van der Waals surface area contributed by atoms with Crippen LogP contribution in [0.3, 0.4) is 0 Å². The fraction of sp³-hybridized carbons (Fsp3) is 0.182. The Bertz CT molecular complexity index is 522. The van der Waals surface area contributed by atoms with E-state index in [9.17, 15) is 14.4 Å². The summed E-state index contributed by atoms with van der Waals surface area (Å²) in [6, 6.07) is 1.32. The number of carbonyl (C=O) groups excluding carboxylic acids is 2. The van der Waals surface area contributed by atoms with Crippen molar-refractivity contribution < 1.29 is 23.9 Å². The van der Waals surface area contributed by atoms with E-state index in [4.69, 9.17) is 9.52 Å². The van der Waals surface area contributed by atoms with Crippen LogP contribution < -0.4 is 0 Å². The molecule has 1 aliphatic rings. The number of aryl methyl sites for hydroxylation is 1. The van der Waals surface area contributed by atoms with Gasteiger partial charge in [-0.15, -0.1) is 0 Å². The Morgan fingerprint density at radius 3 is 2.41 bits per heavy atom. The van der Waals surface area contributed by atoms with Crippen molar-refractivity contribution in [3.63, 3.8) is 0 Å². The molecule has 0 fully saturated rings. The molecular formula is C11H9NO5. The van der Waals surface area contributed by atoms with Gasteiger partial charge in [-0.25, -0.2) is 4.79 Å². The molecular weight excluding hydrogens is 226 g/mol. The predicted molar refractivity (Wildman–Crippen MR) is 55.1 cm³/mol. The molecule has 2 rings (SSSR count). The monoisotopic (exact) mass is 235 g/mol. The lowest BCUT2D eigenvalue weighted by molar-refractivity contribution is -0.137. The first-order valence-corrected chi connectivity index (χ1v) is 4.85. The number of carboxylic acids is 1. The minimum Gasteiger partial charge on any atom is -0.478 e. The van der Waals surface area contributed by atoms with Crippen molar-refractivity contribution in [3.05, 3.63) is 35.3 Å². The molecule has 0 aliphatic carbocycles. The summed E-state index contributed by atoms with van der Waals surface area (Å²) >= 11 is 0. The second kappa shape index (κ2) is 3.89. The summed E-state index contributed by atoms with van der Waals surface area (Å²) in [5.74, 6) is -1.44.